The maximum absolute atomic E-state index is 13.3. The molecule has 5 rings (SSSR count). The Kier molecular flexibility index (Phi) is 3.93. The molecule has 0 radical (unpaired) electrons. The summed E-state index contributed by atoms with van der Waals surface area (Å²) in [4.78, 5) is 26.3. The maximum atomic E-state index is 13.3. The van der Waals surface area contributed by atoms with Crippen LogP contribution in [0.5, 0.6) is 0 Å². The number of halogens is 1. The maximum Gasteiger partial charge on any atom is 0.256 e. The summed E-state index contributed by atoms with van der Waals surface area (Å²) in [6, 6.07) is 11.9. The molecular formula is C21H17FN4O2. The van der Waals surface area contributed by atoms with Crippen LogP contribution < -0.4 is 0 Å². The van der Waals surface area contributed by atoms with E-state index >= 15 is 0 Å². The number of aromatic nitrogens is 3. The third-order valence-electron chi connectivity index (χ3n) is 5.10. The third kappa shape index (κ3) is 2.76. The smallest absolute Gasteiger partial charge is 0.256 e. The van der Waals surface area contributed by atoms with Crippen LogP contribution in [0.15, 0.2) is 59.4 Å². The number of nitrogens with one attached hydrogen (secondary N) is 1. The average Bonchev–Trinajstić information content (AvgIpc) is 3.30. The quantitative estimate of drug-likeness (QED) is 0.539. The monoisotopic (exact) mass is 376 g/mol. The lowest BCUT2D eigenvalue weighted by atomic mass is 10.1. The molecule has 3 aromatic heterocycles. The van der Waals surface area contributed by atoms with Crippen LogP contribution in [-0.2, 0) is 6.42 Å². The normalized spacial score (nSPS) is 16.8. The van der Waals surface area contributed by atoms with Gasteiger partial charge < -0.3 is 14.3 Å². The van der Waals surface area contributed by atoms with E-state index in [1.54, 1.807) is 11.2 Å². The van der Waals surface area contributed by atoms with Crippen LogP contribution >= 0.6 is 0 Å². The van der Waals surface area contributed by atoms with Gasteiger partial charge in [0, 0.05) is 23.8 Å². The Balaban J connectivity index is 1.63. The molecule has 0 fully saturated rings. The molecule has 0 aliphatic carbocycles. The van der Waals surface area contributed by atoms with E-state index in [1.165, 1.54) is 18.3 Å². The van der Waals surface area contributed by atoms with E-state index in [0.29, 0.717) is 17.9 Å². The van der Waals surface area contributed by atoms with Gasteiger partial charge in [-0.05, 0) is 37.1 Å². The van der Waals surface area contributed by atoms with Crippen LogP contribution in [0, 0.1) is 5.95 Å². The molecule has 4 heterocycles. The summed E-state index contributed by atoms with van der Waals surface area (Å²) in [5.74, 6) is -0.190. The number of benzene rings is 1. The minimum absolute atomic E-state index is 0.228. The molecule has 140 valence electrons. The zero-order valence-electron chi connectivity index (χ0n) is 14.9. The molecule has 0 saturated carbocycles. The van der Waals surface area contributed by atoms with Crippen molar-refractivity contribution in [3.8, 4) is 0 Å². The fraction of sp³-hybridized carbons (Fsp3) is 0.190. The lowest BCUT2D eigenvalue weighted by molar-refractivity contribution is 0.0691. The molecular weight excluding hydrogens is 359 g/mol. The fourth-order valence-corrected chi connectivity index (χ4v) is 3.78. The fourth-order valence-electron chi connectivity index (χ4n) is 3.78. The predicted octanol–water partition coefficient (Wildman–Crippen LogP) is 3.87. The molecule has 4 aromatic rings. The molecule has 1 N–H and O–H groups in total. The second-order valence-electron chi connectivity index (χ2n) is 6.83. The molecule has 28 heavy (non-hydrogen) atoms. The van der Waals surface area contributed by atoms with E-state index in [9.17, 15) is 9.18 Å². The molecule has 0 saturated heterocycles. The van der Waals surface area contributed by atoms with Crippen molar-refractivity contribution < 1.29 is 13.6 Å². The molecule has 1 amide bonds. The van der Waals surface area contributed by atoms with E-state index in [4.69, 9.17) is 4.42 Å². The predicted molar refractivity (Wildman–Crippen MR) is 100 cm³/mol. The molecule has 6 nitrogen and oxygen atoms in total. The molecule has 1 aromatic carbocycles. The number of carbonyl (C=O) groups is 1. The number of carbonyl (C=O) groups excluding carboxylic acids is 1. The van der Waals surface area contributed by atoms with Crippen LogP contribution in [-0.4, -0.2) is 32.3 Å². The Bertz CT molecular complexity index is 1120. The minimum atomic E-state index is -0.615. The van der Waals surface area contributed by atoms with E-state index in [2.05, 4.69) is 15.0 Å². The average molecular weight is 376 g/mol. The zero-order valence-corrected chi connectivity index (χ0v) is 14.9. The topological polar surface area (TPSA) is 75.0 Å². The number of pyridine rings is 1. The van der Waals surface area contributed by atoms with Crippen LogP contribution in [0.4, 0.5) is 4.39 Å². The first-order valence-corrected chi connectivity index (χ1v) is 9.14. The Labute approximate surface area is 160 Å². The second-order valence-corrected chi connectivity index (χ2v) is 6.83. The van der Waals surface area contributed by atoms with Crippen molar-refractivity contribution in [2.45, 2.75) is 18.9 Å². The summed E-state index contributed by atoms with van der Waals surface area (Å²) in [5.41, 5.74) is 2.87. The van der Waals surface area contributed by atoms with Crippen molar-refractivity contribution in [3.63, 3.8) is 0 Å². The number of H-pyrrole nitrogens is 1. The summed E-state index contributed by atoms with van der Waals surface area (Å²) in [6.07, 6.45) is 4.49. The Hall–Kier alpha value is -3.48. The van der Waals surface area contributed by atoms with E-state index < -0.39 is 12.0 Å². The molecule has 7 heteroatoms. The van der Waals surface area contributed by atoms with Gasteiger partial charge in [-0.1, -0.05) is 18.2 Å². The molecule has 1 atom stereocenters. The highest BCUT2D eigenvalue weighted by Gasteiger charge is 2.35. The van der Waals surface area contributed by atoms with Crippen molar-refractivity contribution in [1.29, 1.82) is 0 Å². The van der Waals surface area contributed by atoms with Crippen molar-refractivity contribution in [2.24, 2.45) is 0 Å². The lowest BCUT2D eigenvalue weighted by Gasteiger charge is -2.28. The number of hydrogen-bond donors (Lipinski definition) is 1. The van der Waals surface area contributed by atoms with Crippen LogP contribution in [0.2, 0.25) is 0 Å². The number of furan rings is 1. The standard InChI is InChI=1S/C21H17FN4O2/c22-18-8-7-14(11-23-18)21(27)26-9-3-5-15-19(25-12-24-15)20(26)17-10-13-4-1-2-6-16(13)28-17/h1-2,4,6-8,10-12,20H,3,5,9H2,(H,24,25)/t20-/m0/s1. The SMILES string of the molecule is O=C(c1ccc(F)nc1)N1CCCc2[nH]cnc2[C@@H]1c1cc2ccccc2o1. The van der Waals surface area contributed by atoms with Gasteiger partial charge in [0.2, 0.25) is 5.95 Å². The second kappa shape index (κ2) is 6.60. The summed E-state index contributed by atoms with van der Waals surface area (Å²) >= 11 is 0. The first kappa shape index (κ1) is 16.7. The largest absolute Gasteiger partial charge is 0.458 e. The highest BCUT2D eigenvalue weighted by molar-refractivity contribution is 5.94. The number of amides is 1. The van der Waals surface area contributed by atoms with Crippen LogP contribution in [0.1, 0.15) is 40.0 Å². The first-order valence-electron chi connectivity index (χ1n) is 9.14. The van der Waals surface area contributed by atoms with Gasteiger partial charge in [0.15, 0.2) is 0 Å². The van der Waals surface area contributed by atoms with Gasteiger partial charge in [-0.3, -0.25) is 4.79 Å². The van der Waals surface area contributed by atoms with E-state index in [0.717, 1.165) is 35.2 Å². The number of hydrogen-bond acceptors (Lipinski definition) is 4. The number of para-hydroxylation sites is 1. The number of aryl methyl sites for hydroxylation is 1. The molecule has 0 spiro atoms. The Morgan fingerprint density at radius 1 is 1.21 bits per heavy atom. The lowest BCUT2D eigenvalue weighted by Crippen LogP contribution is -2.35. The molecule has 0 bridgehead atoms. The summed E-state index contributed by atoms with van der Waals surface area (Å²) in [5, 5.41) is 0.967. The third-order valence-corrected chi connectivity index (χ3v) is 5.10. The zero-order chi connectivity index (χ0) is 19.1. The summed E-state index contributed by atoms with van der Waals surface area (Å²) in [7, 11) is 0. The van der Waals surface area contributed by atoms with Gasteiger partial charge in [-0.2, -0.15) is 4.39 Å². The summed E-state index contributed by atoms with van der Waals surface area (Å²) < 4.78 is 19.3. The van der Waals surface area contributed by atoms with Gasteiger partial charge in [-0.15, -0.1) is 0 Å². The number of fused-ring (bicyclic) bond motifs is 2. The number of imidazole rings is 1. The molecule has 1 aliphatic heterocycles. The van der Waals surface area contributed by atoms with Gasteiger partial charge in [0.1, 0.15) is 17.4 Å². The van der Waals surface area contributed by atoms with Gasteiger partial charge >= 0.3 is 0 Å². The van der Waals surface area contributed by atoms with E-state index in [-0.39, 0.29) is 5.91 Å². The Morgan fingerprint density at radius 3 is 2.93 bits per heavy atom. The van der Waals surface area contributed by atoms with E-state index in [1.807, 2.05) is 30.3 Å². The van der Waals surface area contributed by atoms with Gasteiger partial charge in [0.05, 0.1) is 17.6 Å². The van der Waals surface area contributed by atoms with Crippen molar-refractivity contribution in [2.75, 3.05) is 6.54 Å². The molecule has 1 aliphatic rings. The van der Waals surface area contributed by atoms with Crippen LogP contribution in [0.25, 0.3) is 11.0 Å². The van der Waals surface area contributed by atoms with Crippen molar-refractivity contribution >= 4 is 16.9 Å². The summed E-state index contributed by atoms with van der Waals surface area (Å²) in [6.45, 7) is 0.530. The highest BCUT2D eigenvalue weighted by Crippen LogP contribution is 2.36. The first-order chi connectivity index (χ1) is 13.7. The van der Waals surface area contributed by atoms with Crippen LogP contribution in [0.3, 0.4) is 0 Å². The Morgan fingerprint density at radius 2 is 2.11 bits per heavy atom. The molecule has 0 unspecified atom stereocenters. The van der Waals surface area contributed by atoms with Gasteiger partial charge in [-0.25, -0.2) is 9.97 Å². The number of nitrogens with zero attached hydrogens (tertiary/aromatic N) is 3. The van der Waals surface area contributed by atoms with Crippen molar-refractivity contribution in [3.05, 3.63) is 83.6 Å². The minimum Gasteiger partial charge on any atom is -0.458 e. The number of aromatic amines is 1. The van der Waals surface area contributed by atoms with Crippen molar-refractivity contribution in [1.82, 2.24) is 19.9 Å². The van der Waals surface area contributed by atoms with Gasteiger partial charge in [0.25, 0.3) is 5.91 Å². The number of rotatable bonds is 2. The highest BCUT2D eigenvalue weighted by atomic mass is 19.1.